The fourth-order valence-corrected chi connectivity index (χ4v) is 4.00. The van der Waals surface area contributed by atoms with Crippen molar-refractivity contribution in [3.63, 3.8) is 0 Å². The number of ether oxygens (including phenoxy) is 1. The van der Waals surface area contributed by atoms with Crippen LogP contribution in [0.5, 0.6) is 0 Å². The third-order valence-electron chi connectivity index (χ3n) is 4.54. The van der Waals surface area contributed by atoms with Gasteiger partial charge in [-0.3, -0.25) is 13.8 Å². The molecule has 0 aromatic carbocycles. The molecule has 138 valence electrons. The topological polar surface area (TPSA) is 86.7 Å². The van der Waals surface area contributed by atoms with Gasteiger partial charge in [-0.25, -0.2) is 0 Å². The molecular formula is C17H28O6S. The lowest BCUT2D eigenvalue weighted by Gasteiger charge is -2.28. The molecule has 0 N–H and O–H groups in total. The zero-order valence-corrected chi connectivity index (χ0v) is 15.7. The Balaban J connectivity index is 2.77. The lowest BCUT2D eigenvalue weighted by molar-refractivity contribution is -0.164. The van der Waals surface area contributed by atoms with E-state index < -0.39 is 45.2 Å². The Morgan fingerprint density at radius 2 is 1.79 bits per heavy atom. The molecule has 7 heteroatoms. The zero-order chi connectivity index (χ0) is 18.5. The zero-order valence-electron chi connectivity index (χ0n) is 14.9. The van der Waals surface area contributed by atoms with Crippen LogP contribution < -0.4 is 0 Å². The van der Waals surface area contributed by atoms with Crippen LogP contribution in [0.15, 0.2) is 12.7 Å². The predicted molar refractivity (Wildman–Crippen MR) is 90.8 cm³/mol. The molecule has 0 aromatic rings. The SMILES string of the molecule is C=CC1CCC(S(=O)(=O)OCC(C)(C(C)=O)C(=O)OC(C)C)CC1. The van der Waals surface area contributed by atoms with Crippen molar-refractivity contribution < 1.29 is 26.9 Å². The summed E-state index contributed by atoms with van der Waals surface area (Å²) in [6.07, 6.45) is 3.92. The number of Topliss-reactive ketones (excluding diaryl/α,β-unsaturated/α-hetero) is 1. The van der Waals surface area contributed by atoms with E-state index in [0.717, 1.165) is 12.8 Å². The van der Waals surface area contributed by atoms with Crippen molar-refractivity contribution in [2.24, 2.45) is 11.3 Å². The minimum Gasteiger partial charge on any atom is -0.462 e. The monoisotopic (exact) mass is 360 g/mol. The van der Waals surface area contributed by atoms with E-state index in [1.54, 1.807) is 13.8 Å². The molecule has 0 aliphatic heterocycles. The number of hydrogen-bond donors (Lipinski definition) is 0. The Bertz CT molecular complexity index is 572. The number of allylic oxidation sites excluding steroid dienone is 1. The Labute approximate surface area is 144 Å². The smallest absolute Gasteiger partial charge is 0.322 e. The van der Waals surface area contributed by atoms with Gasteiger partial charge in [-0.2, -0.15) is 8.42 Å². The first-order valence-corrected chi connectivity index (χ1v) is 9.73. The molecule has 0 heterocycles. The van der Waals surface area contributed by atoms with E-state index >= 15 is 0 Å². The standard InChI is InChI=1S/C17H28O6S/c1-6-14-7-9-15(10-8-14)24(20,21)22-11-17(5,13(4)18)16(19)23-12(2)3/h6,12,14-15H,1,7-11H2,2-5H3. The Hall–Kier alpha value is -1.21. The number of carbonyl (C=O) groups is 2. The first kappa shape index (κ1) is 20.8. The van der Waals surface area contributed by atoms with Crippen molar-refractivity contribution in [3.8, 4) is 0 Å². The molecule has 1 saturated carbocycles. The minimum absolute atomic E-state index is 0.333. The van der Waals surface area contributed by atoms with Crippen LogP contribution in [0.25, 0.3) is 0 Å². The van der Waals surface area contributed by atoms with Crippen LogP contribution in [-0.4, -0.2) is 38.1 Å². The molecule has 0 amide bonds. The van der Waals surface area contributed by atoms with Crippen molar-refractivity contribution in [2.45, 2.75) is 64.7 Å². The molecular weight excluding hydrogens is 332 g/mol. The molecule has 24 heavy (non-hydrogen) atoms. The van der Waals surface area contributed by atoms with Gasteiger partial charge in [0.2, 0.25) is 0 Å². The molecule has 1 fully saturated rings. The summed E-state index contributed by atoms with van der Waals surface area (Å²) in [4.78, 5) is 24.0. The van der Waals surface area contributed by atoms with Gasteiger partial charge in [-0.1, -0.05) is 6.08 Å². The number of rotatable bonds is 8. The summed E-state index contributed by atoms with van der Waals surface area (Å²) >= 11 is 0. The van der Waals surface area contributed by atoms with Crippen molar-refractivity contribution in [1.29, 1.82) is 0 Å². The molecule has 1 rings (SSSR count). The van der Waals surface area contributed by atoms with Crippen LogP contribution in [0.1, 0.15) is 53.4 Å². The molecule has 0 radical (unpaired) electrons. The summed E-state index contributed by atoms with van der Waals surface area (Å²) < 4.78 is 34.9. The van der Waals surface area contributed by atoms with Gasteiger partial charge < -0.3 is 4.74 Å². The summed E-state index contributed by atoms with van der Waals surface area (Å²) in [5.74, 6) is -0.922. The normalized spacial score (nSPS) is 24.2. The van der Waals surface area contributed by atoms with Crippen LogP contribution in [0, 0.1) is 11.3 Å². The molecule has 0 bridgehead atoms. The van der Waals surface area contributed by atoms with E-state index in [4.69, 9.17) is 8.92 Å². The van der Waals surface area contributed by atoms with E-state index in [9.17, 15) is 18.0 Å². The number of ketones is 1. The van der Waals surface area contributed by atoms with E-state index in [2.05, 4.69) is 6.58 Å². The summed E-state index contributed by atoms with van der Waals surface area (Å²) in [6.45, 7) is 9.10. The number of hydrogen-bond acceptors (Lipinski definition) is 6. The molecule has 1 atom stereocenters. The summed E-state index contributed by atoms with van der Waals surface area (Å²) in [7, 11) is -3.84. The van der Waals surface area contributed by atoms with Crippen LogP contribution in [-0.2, 0) is 28.6 Å². The maximum Gasteiger partial charge on any atom is 0.322 e. The van der Waals surface area contributed by atoms with Crippen LogP contribution in [0.4, 0.5) is 0 Å². The van der Waals surface area contributed by atoms with Crippen LogP contribution in [0.2, 0.25) is 0 Å². The average Bonchev–Trinajstić information content (AvgIpc) is 2.51. The highest BCUT2D eigenvalue weighted by Gasteiger charge is 2.43. The molecule has 6 nitrogen and oxygen atoms in total. The molecule has 0 spiro atoms. The summed E-state index contributed by atoms with van der Waals surface area (Å²) in [6, 6.07) is 0. The van der Waals surface area contributed by atoms with Crippen molar-refractivity contribution in [2.75, 3.05) is 6.61 Å². The highest BCUT2D eigenvalue weighted by molar-refractivity contribution is 7.87. The number of carbonyl (C=O) groups excluding carboxylic acids is 2. The second-order valence-corrected chi connectivity index (χ2v) is 8.76. The second kappa shape index (κ2) is 8.25. The summed E-state index contributed by atoms with van der Waals surface area (Å²) in [5, 5.41) is -0.606. The quantitative estimate of drug-likeness (QED) is 0.286. The largest absolute Gasteiger partial charge is 0.462 e. The third kappa shape index (κ3) is 5.14. The predicted octanol–water partition coefficient (Wildman–Crippen LogP) is 2.62. The van der Waals surface area contributed by atoms with Gasteiger partial charge in [0.05, 0.1) is 18.0 Å². The van der Waals surface area contributed by atoms with Gasteiger partial charge >= 0.3 is 5.97 Å². The van der Waals surface area contributed by atoms with Gasteiger partial charge in [0.25, 0.3) is 10.1 Å². The Morgan fingerprint density at radius 1 is 1.25 bits per heavy atom. The van der Waals surface area contributed by atoms with Crippen molar-refractivity contribution >= 4 is 21.9 Å². The van der Waals surface area contributed by atoms with Gasteiger partial charge in [0, 0.05) is 0 Å². The van der Waals surface area contributed by atoms with E-state index in [0.29, 0.717) is 18.8 Å². The highest BCUT2D eigenvalue weighted by atomic mass is 32.2. The molecule has 0 saturated heterocycles. The Morgan fingerprint density at radius 3 is 2.21 bits per heavy atom. The maximum atomic E-state index is 12.4. The Kier molecular flexibility index (Phi) is 7.16. The van der Waals surface area contributed by atoms with Crippen LogP contribution in [0.3, 0.4) is 0 Å². The maximum absolute atomic E-state index is 12.4. The third-order valence-corrected chi connectivity index (χ3v) is 6.28. The first-order valence-electron chi connectivity index (χ1n) is 8.26. The summed E-state index contributed by atoms with van der Waals surface area (Å²) in [5.41, 5.74) is -1.63. The fraction of sp³-hybridized carbons (Fsp3) is 0.765. The van der Waals surface area contributed by atoms with Gasteiger partial charge in [0.15, 0.2) is 0 Å². The first-order chi connectivity index (χ1) is 11.0. The van der Waals surface area contributed by atoms with Gasteiger partial charge in [-0.15, -0.1) is 6.58 Å². The van der Waals surface area contributed by atoms with E-state index in [-0.39, 0.29) is 0 Å². The minimum atomic E-state index is -3.84. The molecule has 0 aromatic heterocycles. The lowest BCUT2D eigenvalue weighted by Crippen LogP contribution is -2.43. The van der Waals surface area contributed by atoms with Crippen molar-refractivity contribution in [1.82, 2.24) is 0 Å². The lowest BCUT2D eigenvalue weighted by atomic mass is 9.87. The van der Waals surface area contributed by atoms with Gasteiger partial charge in [-0.05, 0) is 59.3 Å². The molecule has 1 unspecified atom stereocenters. The number of esters is 1. The van der Waals surface area contributed by atoms with E-state index in [1.807, 2.05) is 6.08 Å². The molecule has 1 aliphatic rings. The van der Waals surface area contributed by atoms with Crippen LogP contribution >= 0.6 is 0 Å². The fourth-order valence-electron chi connectivity index (χ4n) is 2.56. The highest BCUT2D eigenvalue weighted by Crippen LogP contribution is 2.31. The van der Waals surface area contributed by atoms with E-state index in [1.165, 1.54) is 13.8 Å². The molecule has 1 aliphatic carbocycles. The average molecular weight is 360 g/mol. The second-order valence-electron chi connectivity index (χ2n) is 6.87. The van der Waals surface area contributed by atoms with Gasteiger partial charge in [0.1, 0.15) is 11.2 Å². The van der Waals surface area contributed by atoms with Crippen molar-refractivity contribution in [3.05, 3.63) is 12.7 Å².